The van der Waals surface area contributed by atoms with Gasteiger partial charge in [0.15, 0.2) is 0 Å². The molecule has 0 saturated carbocycles. The molecule has 0 spiro atoms. The highest BCUT2D eigenvalue weighted by Gasteiger charge is 2.24. The van der Waals surface area contributed by atoms with Crippen molar-refractivity contribution in [1.82, 2.24) is 15.1 Å². The van der Waals surface area contributed by atoms with E-state index in [1.165, 1.54) is 17.5 Å². The molecule has 9 nitrogen and oxygen atoms in total. The van der Waals surface area contributed by atoms with Crippen molar-refractivity contribution in [2.75, 3.05) is 17.2 Å². The van der Waals surface area contributed by atoms with Gasteiger partial charge < -0.3 is 20.5 Å². The number of aliphatic hydroxyl groups is 1. The minimum atomic E-state index is -1.13. The van der Waals surface area contributed by atoms with Crippen LogP contribution in [0, 0.1) is 0 Å². The molecule has 2 aromatic carbocycles. The second-order valence-corrected chi connectivity index (χ2v) is 11.8. The van der Waals surface area contributed by atoms with Crippen molar-refractivity contribution in [1.29, 1.82) is 0 Å². The number of nitrogens with zero attached hydrogens (tertiary/aromatic N) is 3. The number of hydrogen-bond donors (Lipinski definition) is 3. The second-order valence-electron chi connectivity index (χ2n) is 10.9. The van der Waals surface area contributed by atoms with Crippen LogP contribution in [0.4, 0.5) is 27.4 Å². The molecule has 0 aliphatic carbocycles. The van der Waals surface area contributed by atoms with Crippen LogP contribution in [-0.4, -0.2) is 49.8 Å². The first-order valence-corrected chi connectivity index (χ1v) is 13.6. The molecule has 0 radical (unpaired) electrons. The molecular formula is C29H32FN5O4S. The van der Waals surface area contributed by atoms with Gasteiger partial charge in [-0.1, -0.05) is 4.48 Å². The number of pyridine rings is 1. The zero-order valence-electron chi connectivity index (χ0n) is 23.0. The van der Waals surface area contributed by atoms with Gasteiger partial charge in [0.05, 0.1) is 44.7 Å². The smallest absolute Gasteiger partial charge is 0.338 e. The van der Waals surface area contributed by atoms with Crippen LogP contribution in [-0.2, 0) is 4.74 Å². The third-order valence-corrected chi connectivity index (χ3v) is 6.47. The standard InChI is InChI=1S/C29H32FN5O4S/c1-28(2,3)39-27(37)18-6-8-19(9-7-18)33-23-15-25(34-20-10-11-22-24(14-20)40-17-32-22)31-16-21(23)26(36)35(30)13-12-29(4,5)38/h6-11,14-17,38H,12-13H2,1-5H3,(H2,31,33,34). The van der Waals surface area contributed by atoms with Gasteiger partial charge in [-0.05, 0) is 83.5 Å². The average molecular weight is 566 g/mol. The molecule has 0 unspecified atom stereocenters. The first-order valence-electron chi connectivity index (χ1n) is 12.7. The molecule has 2 heterocycles. The number of ether oxygens (including phenoxy) is 1. The zero-order valence-corrected chi connectivity index (χ0v) is 23.8. The summed E-state index contributed by atoms with van der Waals surface area (Å²) in [4.78, 5) is 34.1. The van der Waals surface area contributed by atoms with E-state index in [-0.39, 0.29) is 23.7 Å². The van der Waals surface area contributed by atoms with Gasteiger partial charge in [-0.2, -0.15) is 5.12 Å². The first-order chi connectivity index (χ1) is 18.8. The summed E-state index contributed by atoms with van der Waals surface area (Å²) in [5.74, 6) is -0.930. The Morgan fingerprint density at radius 2 is 1.70 bits per heavy atom. The van der Waals surface area contributed by atoms with Crippen molar-refractivity contribution in [3.05, 3.63) is 71.4 Å². The van der Waals surface area contributed by atoms with E-state index in [1.54, 1.807) is 70.5 Å². The van der Waals surface area contributed by atoms with Crippen LogP contribution < -0.4 is 10.6 Å². The minimum Gasteiger partial charge on any atom is -0.456 e. The number of aromatic nitrogens is 2. The number of halogens is 1. The molecule has 4 aromatic rings. The maximum atomic E-state index is 14.8. The molecule has 0 atom stereocenters. The number of benzene rings is 2. The van der Waals surface area contributed by atoms with Gasteiger partial charge in [0.1, 0.15) is 11.4 Å². The zero-order chi connectivity index (χ0) is 29.1. The predicted molar refractivity (Wildman–Crippen MR) is 155 cm³/mol. The Bertz CT molecular complexity index is 1510. The lowest BCUT2D eigenvalue weighted by Gasteiger charge is -2.21. The van der Waals surface area contributed by atoms with Crippen LogP contribution in [0.1, 0.15) is 61.8 Å². The quantitative estimate of drug-likeness (QED) is 0.153. The van der Waals surface area contributed by atoms with E-state index in [4.69, 9.17) is 4.74 Å². The summed E-state index contributed by atoms with van der Waals surface area (Å²) >= 11 is 1.51. The molecule has 0 saturated heterocycles. The Hall–Kier alpha value is -4.09. The third kappa shape index (κ3) is 7.73. The highest BCUT2D eigenvalue weighted by Crippen LogP contribution is 2.29. The Labute approximate surface area is 236 Å². The number of hydrogen-bond acceptors (Lipinski definition) is 9. The summed E-state index contributed by atoms with van der Waals surface area (Å²) in [5.41, 5.74) is 2.90. The summed E-state index contributed by atoms with van der Waals surface area (Å²) < 4.78 is 21.2. The Morgan fingerprint density at radius 3 is 2.38 bits per heavy atom. The van der Waals surface area contributed by atoms with E-state index < -0.39 is 23.1 Å². The number of fused-ring (bicyclic) bond motifs is 1. The Morgan fingerprint density at radius 1 is 1.00 bits per heavy atom. The summed E-state index contributed by atoms with van der Waals surface area (Å²) in [7, 11) is 0. The van der Waals surface area contributed by atoms with E-state index in [9.17, 15) is 19.2 Å². The number of anilines is 4. The highest BCUT2D eigenvalue weighted by atomic mass is 32.1. The largest absolute Gasteiger partial charge is 0.456 e. The van der Waals surface area contributed by atoms with Crippen molar-refractivity contribution < 1.29 is 23.9 Å². The van der Waals surface area contributed by atoms with E-state index in [0.717, 1.165) is 15.9 Å². The van der Waals surface area contributed by atoms with Crippen LogP contribution in [0.2, 0.25) is 0 Å². The number of thiazole rings is 1. The van der Waals surface area contributed by atoms with Crippen molar-refractivity contribution in [2.45, 2.75) is 52.2 Å². The molecule has 0 aliphatic heterocycles. The Kier molecular flexibility index (Phi) is 8.36. The van der Waals surface area contributed by atoms with Gasteiger partial charge in [0.25, 0.3) is 5.91 Å². The number of rotatable bonds is 9. The van der Waals surface area contributed by atoms with Crippen LogP contribution >= 0.6 is 11.3 Å². The molecule has 3 N–H and O–H groups in total. The molecule has 11 heteroatoms. The normalized spacial score (nSPS) is 11.8. The second kappa shape index (κ2) is 11.6. The molecule has 0 fully saturated rings. The molecule has 2 aromatic heterocycles. The molecule has 4 rings (SSSR count). The summed E-state index contributed by atoms with van der Waals surface area (Å²) in [6, 6.07) is 13.8. The maximum Gasteiger partial charge on any atom is 0.338 e. The fraction of sp³-hybridized carbons (Fsp3) is 0.310. The predicted octanol–water partition coefficient (Wildman–Crippen LogP) is 6.62. The third-order valence-electron chi connectivity index (χ3n) is 5.68. The molecule has 210 valence electrons. The van der Waals surface area contributed by atoms with Gasteiger partial charge in [-0.15, -0.1) is 11.3 Å². The van der Waals surface area contributed by atoms with Crippen molar-refractivity contribution in [2.24, 2.45) is 0 Å². The molecule has 1 amide bonds. The SMILES string of the molecule is CC(C)(O)CCN(F)C(=O)c1cnc(Nc2ccc3ncsc3c2)cc1Nc1ccc(C(=O)OC(C)(C)C)cc1. The van der Waals surface area contributed by atoms with Crippen LogP contribution in [0.3, 0.4) is 0 Å². The van der Waals surface area contributed by atoms with Crippen molar-refractivity contribution in [3.8, 4) is 0 Å². The molecule has 40 heavy (non-hydrogen) atoms. The van der Waals surface area contributed by atoms with Gasteiger partial charge in [-0.3, -0.25) is 4.79 Å². The lowest BCUT2D eigenvalue weighted by atomic mass is 10.1. The molecular weight excluding hydrogens is 533 g/mol. The van der Waals surface area contributed by atoms with Crippen LogP contribution in [0.15, 0.2) is 60.2 Å². The fourth-order valence-corrected chi connectivity index (χ4v) is 4.38. The summed E-state index contributed by atoms with van der Waals surface area (Å²) in [6.07, 6.45) is 1.35. The fourth-order valence-electron chi connectivity index (χ4n) is 3.66. The van der Waals surface area contributed by atoms with Gasteiger partial charge in [-0.25, -0.2) is 14.8 Å². The number of amides is 1. The highest BCUT2D eigenvalue weighted by molar-refractivity contribution is 7.16. The number of nitrogens with one attached hydrogen (secondary N) is 2. The summed E-state index contributed by atoms with van der Waals surface area (Å²) in [6.45, 7) is 8.18. The number of esters is 1. The lowest BCUT2D eigenvalue weighted by molar-refractivity contribution is -0.00196. The minimum absolute atomic E-state index is 0.00192. The monoisotopic (exact) mass is 565 g/mol. The Balaban J connectivity index is 1.61. The number of carbonyl (C=O) groups excluding carboxylic acids is 2. The van der Waals surface area contributed by atoms with E-state index in [1.807, 2.05) is 18.2 Å². The lowest BCUT2D eigenvalue weighted by Crippen LogP contribution is -2.30. The average Bonchev–Trinajstić information content (AvgIpc) is 3.34. The van der Waals surface area contributed by atoms with Gasteiger partial charge >= 0.3 is 5.97 Å². The molecule has 0 bridgehead atoms. The van der Waals surface area contributed by atoms with Crippen LogP contribution in [0.25, 0.3) is 10.2 Å². The summed E-state index contributed by atoms with van der Waals surface area (Å²) in [5, 5.41) is 16.4. The number of carbonyl (C=O) groups is 2. The van der Waals surface area contributed by atoms with Crippen LogP contribution in [0.5, 0.6) is 0 Å². The van der Waals surface area contributed by atoms with E-state index in [0.29, 0.717) is 22.8 Å². The van der Waals surface area contributed by atoms with E-state index in [2.05, 4.69) is 20.6 Å². The van der Waals surface area contributed by atoms with Gasteiger partial charge in [0.2, 0.25) is 0 Å². The van der Waals surface area contributed by atoms with Crippen molar-refractivity contribution in [3.63, 3.8) is 0 Å². The van der Waals surface area contributed by atoms with E-state index >= 15 is 0 Å². The maximum absolute atomic E-state index is 14.8. The van der Waals surface area contributed by atoms with Gasteiger partial charge in [0, 0.05) is 23.6 Å². The van der Waals surface area contributed by atoms with Crippen molar-refractivity contribution >= 4 is 56.3 Å². The first kappa shape index (κ1) is 28.9. The molecule has 0 aliphatic rings. The topological polar surface area (TPSA) is 117 Å².